The zero-order chi connectivity index (χ0) is 22.1. The van der Waals surface area contributed by atoms with E-state index in [0.717, 1.165) is 18.4 Å². The lowest BCUT2D eigenvalue weighted by Gasteiger charge is -2.10. The number of anilines is 1. The summed E-state index contributed by atoms with van der Waals surface area (Å²) in [6.45, 7) is 4.05. The maximum absolute atomic E-state index is 12.2. The molecule has 0 spiro atoms. The molecular weight excluding hydrogens is 394 g/mol. The van der Waals surface area contributed by atoms with Crippen LogP contribution in [0.4, 0.5) is 5.69 Å². The highest BCUT2D eigenvalue weighted by molar-refractivity contribution is 7.92. The van der Waals surface area contributed by atoms with Crippen molar-refractivity contribution < 1.29 is 13.5 Å². The Labute approximate surface area is 185 Å². The van der Waals surface area contributed by atoms with Gasteiger partial charge in [-0.25, -0.2) is 8.42 Å². The molecule has 1 aromatic carbocycles. The molecule has 0 atom stereocenters. The van der Waals surface area contributed by atoms with Gasteiger partial charge in [0.05, 0.1) is 11.4 Å². The largest absolute Gasteiger partial charge is 0.508 e. The monoisotopic (exact) mass is 439 g/mol. The molecule has 174 valence electrons. The lowest BCUT2D eigenvalue weighted by atomic mass is 10.0. The minimum absolute atomic E-state index is 0.147. The minimum atomic E-state index is -3.32. The van der Waals surface area contributed by atoms with Gasteiger partial charge in [0.2, 0.25) is 10.0 Å². The average Bonchev–Trinajstić information content (AvgIpc) is 2.70. The molecule has 0 aliphatic rings. The Hall–Kier alpha value is -1.23. The fourth-order valence-corrected chi connectivity index (χ4v) is 5.07. The predicted octanol–water partition coefficient (Wildman–Crippen LogP) is 7.70. The van der Waals surface area contributed by atoms with Crippen molar-refractivity contribution >= 4 is 15.7 Å². The number of rotatable bonds is 19. The van der Waals surface area contributed by atoms with Crippen molar-refractivity contribution in [3.05, 3.63) is 23.8 Å². The summed E-state index contributed by atoms with van der Waals surface area (Å²) in [7, 11) is -3.32. The fourth-order valence-electron chi connectivity index (χ4n) is 3.82. The lowest BCUT2D eigenvalue weighted by molar-refractivity contribution is 0.475. The predicted molar refractivity (Wildman–Crippen MR) is 130 cm³/mol. The molecule has 0 aliphatic carbocycles. The van der Waals surface area contributed by atoms with Gasteiger partial charge in [-0.3, -0.25) is 4.72 Å². The number of aromatic hydroxyl groups is 1. The lowest BCUT2D eigenvalue weighted by Crippen LogP contribution is -2.17. The van der Waals surface area contributed by atoms with Crippen molar-refractivity contribution in [1.82, 2.24) is 0 Å². The van der Waals surface area contributed by atoms with Gasteiger partial charge in [-0.2, -0.15) is 0 Å². The van der Waals surface area contributed by atoms with Crippen LogP contribution in [0.1, 0.15) is 115 Å². The van der Waals surface area contributed by atoms with Crippen molar-refractivity contribution in [2.45, 2.75) is 117 Å². The van der Waals surface area contributed by atoms with Crippen LogP contribution in [0.25, 0.3) is 0 Å². The molecule has 0 fully saturated rings. The Morgan fingerprint density at radius 3 is 1.60 bits per heavy atom. The Balaban J connectivity index is 1.93. The molecule has 0 amide bonds. The Kier molecular flexibility index (Phi) is 14.7. The molecule has 0 unspecified atom stereocenters. The maximum atomic E-state index is 12.2. The minimum Gasteiger partial charge on any atom is -0.508 e. The molecule has 0 heterocycles. The highest BCUT2D eigenvalue weighted by Gasteiger charge is 2.11. The first-order valence-corrected chi connectivity index (χ1v) is 13.9. The van der Waals surface area contributed by atoms with Gasteiger partial charge in [0.15, 0.2) is 0 Å². The summed E-state index contributed by atoms with van der Waals surface area (Å²) in [5.41, 5.74) is 1.27. The summed E-state index contributed by atoms with van der Waals surface area (Å²) >= 11 is 0. The number of aryl methyl sites for hydroxylation is 1. The summed E-state index contributed by atoms with van der Waals surface area (Å²) in [6, 6.07) is 4.67. The summed E-state index contributed by atoms with van der Waals surface area (Å²) in [4.78, 5) is 0. The van der Waals surface area contributed by atoms with Gasteiger partial charge < -0.3 is 5.11 Å². The number of phenols is 1. The highest BCUT2D eigenvalue weighted by atomic mass is 32.2. The van der Waals surface area contributed by atoms with Crippen LogP contribution < -0.4 is 4.72 Å². The standard InChI is InChI=1S/C25H45NO3S/c1-3-4-5-6-7-8-9-10-11-12-13-14-15-16-17-18-21-30(28,29)26-25-20-19-24(27)22-23(25)2/h19-20,22,26-27H,3-18,21H2,1-2H3. The second kappa shape index (κ2) is 16.5. The second-order valence-electron chi connectivity index (χ2n) is 8.72. The van der Waals surface area contributed by atoms with Gasteiger partial charge in [0.25, 0.3) is 0 Å². The SMILES string of the molecule is CCCCCCCCCCCCCCCCCCS(=O)(=O)Nc1ccc(O)cc1C. The highest BCUT2D eigenvalue weighted by Crippen LogP contribution is 2.21. The van der Waals surface area contributed by atoms with Crippen molar-refractivity contribution in [2.24, 2.45) is 0 Å². The van der Waals surface area contributed by atoms with E-state index in [1.165, 1.54) is 89.5 Å². The number of nitrogens with one attached hydrogen (secondary N) is 1. The van der Waals surface area contributed by atoms with Crippen LogP contribution in [0.5, 0.6) is 5.75 Å². The van der Waals surface area contributed by atoms with E-state index < -0.39 is 10.0 Å². The summed E-state index contributed by atoms with van der Waals surface area (Å²) < 4.78 is 27.0. The van der Waals surface area contributed by atoms with E-state index in [-0.39, 0.29) is 11.5 Å². The van der Waals surface area contributed by atoms with Crippen LogP contribution in [0.2, 0.25) is 0 Å². The number of benzene rings is 1. The number of sulfonamides is 1. The Bertz CT molecular complexity index is 658. The van der Waals surface area contributed by atoms with Crippen molar-refractivity contribution in [2.75, 3.05) is 10.5 Å². The van der Waals surface area contributed by atoms with E-state index in [1.54, 1.807) is 19.1 Å². The third-order valence-corrected chi connectivity index (χ3v) is 7.10. The Morgan fingerprint density at radius 2 is 1.17 bits per heavy atom. The summed E-state index contributed by atoms with van der Waals surface area (Å²) in [6.07, 6.45) is 20.5. The quantitative estimate of drug-likeness (QED) is 0.171. The molecule has 30 heavy (non-hydrogen) atoms. The molecule has 5 heteroatoms. The molecule has 4 nitrogen and oxygen atoms in total. The van der Waals surface area contributed by atoms with Gasteiger partial charge >= 0.3 is 0 Å². The van der Waals surface area contributed by atoms with Gasteiger partial charge in [0.1, 0.15) is 5.75 Å². The van der Waals surface area contributed by atoms with Crippen LogP contribution in [-0.2, 0) is 10.0 Å². The van der Waals surface area contributed by atoms with Crippen LogP contribution in [-0.4, -0.2) is 19.3 Å². The molecule has 0 saturated carbocycles. The van der Waals surface area contributed by atoms with Crippen molar-refractivity contribution in [3.8, 4) is 5.75 Å². The van der Waals surface area contributed by atoms with Crippen LogP contribution in [0, 0.1) is 6.92 Å². The van der Waals surface area contributed by atoms with Crippen LogP contribution >= 0.6 is 0 Å². The number of hydrogen-bond donors (Lipinski definition) is 2. The van der Waals surface area contributed by atoms with E-state index in [4.69, 9.17) is 0 Å². The molecule has 2 N–H and O–H groups in total. The summed E-state index contributed by atoms with van der Waals surface area (Å²) in [5.74, 6) is 0.305. The van der Waals surface area contributed by atoms with Crippen LogP contribution in [0.3, 0.4) is 0 Å². The zero-order valence-corrected chi connectivity index (χ0v) is 20.2. The van der Waals surface area contributed by atoms with Gasteiger partial charge in [-0.1, -0.05) is 103 Å². The van der Waals surface area contributed by atoms with Crippen LogP contribution in [0.15, 0.2) is 18.2 Å². The topological polar surface area (TPSA) is 66.4 Å². The zero-order valence-electron chi connectivity index (χ0n) is 19.4. The van der Waals surface area contributed by atoms with E-state index in [0.29, 0.717) is 12.1 Å². The number of unbranched alkanes of at least 4 members (excludes halogenated alkanes) is 15. The smallest absolute Gasteiger partial charge is 0.232 e. The molecule has 0 saturated heterocycles. The average molecular weight is 440 g/mol. The Morgan fingerprint density at radius 1 is 0.733 bits per heavy atom. The van der Waals surface area contributed by atoms with Crippen molar-refractivity contribution in [3.63, 3.8) is 0 Å². The molecule has 0 radical (unpaired) electrons. The molecule has 0 aliphatic heterocycles. The molecular formula is C25H45NO3S. The first-order chi connectivity index (χ1) is 14.4. The molecule has 0 bridgehead atoms. The first kappa shape index (κ1) is 26.8. The number of phenolic OH excluding ortho intramolecular Hbond substituents is 1. The normalized spacial score (nSPS) is 11.7. The fraction of sp³-hybridized carbons (Fsp3) is 0.760. The maximum Gasteiger partial charge on any atom is 0.232 e. The van der Waals surface area contributed by atoms with E-state index in [2.05, 4.69) is 11.6 Å². The molecule has 1 rings (SSSR count). The van der Waals surface area contributed by atoms with E-state index >= 15 is 0 Å². The first-order valence-electron chi connectivity index (χ1n) is 12.2. The van der Waals surface area contributed by atoms with Crippen molar-refractivity contribution in [1.29, 1.82) is 0 Å². The van der Waals surface area contributed by atoms with Gasteiger partial charge in [-0.15, -0.1) is 0 Å². The third kappa shape index (κ3) is 13.9. The van der Waals surface area contributed by atoms with E-state index in [1.807, 2.05) is 0 Å². The van der Waals surface area contributed by atoms with Gasteiger partial charge in [-0.05, 0) is 37.1 Å². The second-order valence-corrected chi connectivity index (χ2v) is 10.6. The van der Waals surface area contributed by atoms with Gasteiger partial charge in [0, 0.05) is 0 Å². The molecule has 0 aromatic heterocycles. The van der Waals surface area contributed by atoms with E-state index in [9.17, 15) is 13.5 Å². The summed E-state index contributed by atoms with van der Waals surface area (Å²) in [5, 5.41) is 9.42. The molecule has 1 aromatic rings. The third-order valence-electron chi connectivity index (χ3n) is 5.74. The number of hydrogen-bond acceptors (Lipinski definition) is 3.